The summed E-state index contributed by atoms with van der Waals surface area (Å²) < 4.78 is 5.21. The van der Waals surface area contributed by atoms with Crippen molar-refractivity contribution in [1.82, 2.24) is 5.16 Å². The number of thioether (sulfide) groups is 1. The highest BCUT2D eigenvalue weighted by Gasteiger charge is 2.18. The van der Waals surface area contributed by atoms with Crippen LogP contribution in [-0.4, -0.2) is 17.5 Å². The fourth-order valence-electron chi connectivity index (χ4n) is 1.41. The summed E-state index contributed by atoms with van der Waals surface area (Å²) >= 11 is 1.94. The van der Waals surface area contributed by atoms with E-state index in [1.165, 1.54) is 11.3 Å². The molecule has 0 aliphatic carbocycles. The lowest BCUT2D eigenvalue weighted by molar-refractivity contribution is 0.378. The predicted molar refractivity (Wildman–Crippen MR) is 49.1 cm³/mol. The maximum atomic E-state index is 5.46. The van der Waals surface area contributed by atoms with E-state index < -0.39 is 0 Å². The van der Waals surface area contributed by atoms with Crippen LogP contribution in [0.25, 0.3) is 0 Å². The summed E-state index contributed by atoms with van der Waals surface area (Å²) in [5, 5.41) is 4.03. The summed E-state index contributed by atoms with van der Waals surface area (Å²) in [4.78, 5) is 0. The van der Waals surface area contributed by atoms with Crippen molar-refractivity contribution < 1.29 is 4.52 Å². The molecule has 0 radical (unpaired) electrons. The van der Waals surface area contributed by atoms with Gasteiger partial charge in [-0.1, -0.05) is 5.16 Å². The van der Waals surface area contributed by atoms with Gasteiger partial charge in [-0.2, -0.15) is 11.8 Å². The molecule has 66 valence electrons. The third kappa shape index (κ3) is 1.36. The summed E-state index contributed by atoms with van der Waals surface area (Å²) in [7, 11) is 0. The van der Waals surface area contributed by atoms with Gasteiger partial charge < -0.3 is 10.3 Å². The van der Waals surface area contributed by atoms with Crippen LogP contribution in [0, 0.1) is 0 Å². The normalized spacial score (nSPS) is 16.1. The van der Waals surface area contributed by atoms with Gasteiger partial charge in [0.15, 0.2) is 0 Å². The van der Waals surface area contributed by atoms with E-state index in [0.29, 0.717) is 6.54 Å². The molecule has 0 saturated carbocycles. The Balaban J connectivity index is 2.25. The number of hydrogen-bond donors (Lipinski definition) is 1. The van der Waals surface area contributed by atoms with Crippen LogP contribution in [0.5, 0.6) is 0 Å². The van der Waals surface area contributed by atoms with Gasteiger partial charge in [0.25, 0.3) is 0 Å². The molecule has 3 nitrogen and oxygen atoms in total. The lowest BCUT2D eigenvalue weighted by atomic mass is 10.1. The predicted octanol–water partition coefficient (Wildman–Crippen LogP) is 0.965. The van der Waals surface area contributed by atoms with Gasteiger partial charge in [-0.05, 0) is 12.3 Å². The topological polar surface area (TPSA) is 52.0 Å². The van der Waals surface area contributed by atoms with Gasteiger partial charge in [0, 0.05) is 24.2 Å². The van der Waals surface area contributed by atoms with E-state index in [1.807, 2.05) is 11.8 Å². The zero-order chi connectivity index (χ0) is 8.39. The minimum atomic E-state index is 0.645. The summed E-state index contributed by atoms with van der Waals surface area (Å²) in [6.45, 7) is 0.645. The molecule has 1 aromatic rings. The molecule has 0 fully saturated rings. The van der Waals surface area contributed by atoms with E-state index in [0.717, 1.165) is 30.0 Å². The first kappa shape index (κ1) is 8.13. The molecule has 0 amide bonds. The van der Waals surface area contributed by atoms with Gasteiger partial charge in [0.05, 0.1) is 5.69 Å². The number of nitrogens with zero attached hydrogens (tertiary/aromatic N) is 1. The molecule has 4 heteroatoms. The molecule has 1 aromatic heterocycles. The van der Waals surface area contributed by atoms with E-state index in [2.05, 4.69) is 5.16 Å². The van der Waals surface area contributed by atoms with E-state index >= 15 is 0 Å². The first-order valence-electron chi connectivity index (χ1n) is 4.16. The number of nitrogens with two attached hydrogens (primary N) is 1. The van der Waals surface area contributed by atoms with Crippen LogP contribution >= 0.6 is 11.8 Å². The molecular formula is C8H12N2OS. The van der Waals surface area contributed by atoms with Crippen molar-refractivity contribution in [2.24, 2.45) is 5.73 Å². The number of aryl methyl sites for hydroxylation is 1. The maximum absolute atomic E-state index is 5.46. The van der Waals surface area contributed by atoms with Gasteiger partial charge in [-0.15, -0.1) is 0 Å². The molecular weight excluding hydrogens is 172 g/mol. The average Bonchev–Trinajstić information content (AvgIpc) is 2.50. The molecule has 0 atom stereocenters. The number of rotatable bonds is 2. The first-order valence-corrected chi connectivity index (χ1v) is 5.31. The highest BCUT2D eigenvalue weighted by Crippen LogP contribution is 2.26. The monoisotopic (exact) mass is 184 g/mol. The van der Waals surface area contributed by atoms with Gasteiger partial charge in [0.2, 0.25) is 0 Å². The lowest BCUT2D eigenvalue weighted by Crippen LogP contribution is -2.06. The maximum Gasteiger partial charge on any atom is 0.142 e. The summed E-state index contributed by atoms with van der Waals surface area (Å²) in [6.07, 6.45) is 1.87. The fourth-order valence-corrected chi connectivity index (χ4v) is 2.43. The Bertz CT molecular complexity index is 272. The zero-order valence-corrected chi connectivity index (χ0v) is 7.69. The van der Waals surface area contributed by atoms with Gasteiger partial charge >= 0.3 is 0 Å². The van der Waals surface area contributed by atoms with Gasteiger partial charge in [-0.25, -0.2) is 0 Å². The molecule has 0 unspecified atom stereocenters. The standard InChI is InChI=1S/C8H12N2OS/c9-3-1-8-6-5-12-4-2-7(6)10-11-8/h1-5,9H2. The van der Waals surface area contributed by atoms with Gasteiger partial charge in [0.1, 0.15) is 5.76 Å². The zero-order valence-electron chi connectivity index (χ0n) is 6.88. The quantitative estimate of drug-likeness (QED) is 0.744. The number of fused-ring (bicyclic) bond motifs is 1. The Hall–Kier alpha value is -0.480. The molecule has 2 N–H and O–H groups in total. The Labute approximate surface area is 75.7 Å². The van der Waals surface area contributed by atoms with Crippen molar-refractivity contribution in [2.45, 2.75) is 18.6 Å². The second-order valence-electron chi connectivity index (χ2n) is 2.87. The second-order valence-corrected chi connectivity index (χ2v) is 3.98. The third-order valence-electron chi connectivity index (χ3n) is 2.05. The molecule has 0 bridgehead atoms. The second kappa shape index (κ2) is 3.49. The molecule has 1 aliphatic rings. The summed E-state index contributed by atoms with van der Waals surface area (Å²) in [5.41, 5.74) is 7.91. The Morgan fingerprint density at radius 2 is 2.50 bits per heavy atom. The minimum Gasteiger partial charge on any atom is -0.361 e. The van der Waals surface area contributed by atoms with Crippen LogP contribution in [0.4, 0.5) is 0 Å². The van der Waals surface area contributed by atoms with E-state index in [1.54, 1.807) is 0 Å². The Kier molecular flexibility index (Phi) is 2.37. The van der Waals surface area contributed by atoms with Crippen LogP contribution in [0.3, 0.4) is 0 Å². The van der Waals surface area contributed by atoms with Crippen LogP contribution in [0.2, 0.25) is 0 Å². The van der Waals surface area contributed by atoms with Gasteiger partial charge in [-0.3, -0.25) is 0 Å². The van der Waals surface area contributed by atoms with Crippen molar-refractivity contribution in [3.8, 4) is 0 Å². The first-order chi connectivity index (χ1) is 5.92. The Morgan fingerprint density at radius 3 is 3.33 bits per heavy atom. The summed E-state index contributed by atoms with van der Waals surface area (Å²) in [5.74, 6) is 3.22. The number of aromatic nitrogens is 1. The molecule has 2 heterocycles. The largest absolute Gasteiger partial charge is 0.361 e. The number of hydrogen-bond acceptors (Lipinski definition) is 4. The average molecular weight is 184 g/mol. The van der Waals surface area contributed by atoms with E-state index in [-0.39, 0.29) is 0 Å². The molecule has 12 heavy (non-hydrogen) atoms. The van der Waals surface area contributed by atoms with E-state index in [9.17, 15) is 0 Å². The van der Waals surface area contributed by atoms with Crippen LogP contribution in [0.15, 0.2) is 4.52 Å². The highest BCUT2D eigenvalue weighted by atomic mass is 32.2. The van der Waals surface area contributed by atoms with Crippen molar-refractivity contribution in [2.75, 3.05) is 12.3 Å². The van der Waals surface area contributed by atoms with Crippen LogP contribution in [-0.2, 0) is 18.6 Å². The molecule has 0 aromatic carbocycles. The van der Waals surface area contributed by atoms with Crippen molar-refractivity contribution >= 4 is 11.8 Å². The van der Waals surface area contributed by atoms with Crippen molar-refractivity contribution in [3.63, 3.8) is 0 Å². The van der Waals surface area contributed by atoms with Crippen LogP contribution in [0.1, 0.15) is 17.0 Å². The van der Waals surface area contributed by atoms with Crippen LogP contribution < -0.4 is 5.73 Å². The molecule has 0 spiro atoms. The van der Waals surface area contributed by atoms with Crippen molar-refractivity contribution in [1.29, 1.82) is 0 Å². The third-order valence-corrected chi connectivity index (χ3v) is 3.04. The molecule has 0 saturated heterocycles. The molecule has 2 rings (SSSR count). The smallest absolute Gasteiger partial charge is 0.142 e. The lowest BCUT2D eigenvalue weighted by Gasteiger charge is -2.08. The highest BCUT2D eigenvalue weighted by molar-refractivity contribution is 7.98. The SMILES string of the molecule is NCCc1onc2c1CSCC2. The van der Waals surface area contributed by atoms with Crippen molar-refractivity contribution in [3.05, 3.63) is 17.0 Å². The fraction of sp³-hybridized carbons (Fsp3) is 0.625. The Morgan fingerprint density at radius 1 is 1.58 bits per heavy atom. The minimum absolute atomic E-state index is 0.645. The molecule has 1 aliphatic heterocycles. The van der Waals surface area contributed by atoms with E-state index in [4.69, 9.17) is 10.3 Å². The summed E-state index contributed by atoms with van der Waals surface area (Å²) in [6, 6.07) is 0.